The van der Waals surface area contributed by atoms with Crippen LogP contribution in [0.25, 0.3) is 6.08 Å². The minimum Gasteiger partial charge on any atom is -0.493 e. The van der Waals surface area contributed by atoms with Gasteiger partial charge in [-0.2, -0.15) is 0 Å². The number of rotatable bonds is 8. The van der Waals surface area contributed by atoms with E-state index in [1.165, 1.54) is 50.6 Å². The van der Waals surface area contributed by atoms with Crippen LogP contribution in [0.3, 0.4) is 0 Å². The molecule has 0 aliphatic heterocycles. The number of ether oxygens (including phenoxy) is 2. The highest BCUT2D eigenvalue weighted by molar-refractivity contribution is 9.10. The molecule has 168 valence electrons. The van der Waals surface area contributed by atoms with Crippen LogP contribution in [-0.4, -0.2) is 33.7 Å². The number of carbonyl (C=O) groups is 1. The van der Waals surface area contributed by atoms with E-state index in [4.69, 9.17) is 14.0 Å². The van der Waals surface area contributed by atoms with Gasteiger partial charge >= 0.3 is 0 Å². The third-order valence-electron chi connectivity index (χ3n) is 4.18. The van der Waals surface area contributed by atoms with Crippen LogP contribution < -0.4 is 19.5 Å². The van der Waals surface area contributed by atoms with E-state index in [1.54, 1.807) is 25.1 Å². The number of aryl methyl sites for hydroxylation is 1. The fourth-order valence-electron chi connectivity index (χ4n) is 2.72. The number of halogens is 1. The van der Waals surface area contributed by atoms with Crippen LogP contribution in [0.2, 0.25) is 0 Å². The number of hydrogen-bond donors (Lipinski definition) is 2. The predicted octanol–water partition coefficient (Wildman–Crippen LogP) is 4.22. The highest BCUT2D eigenvalue weighted by Gasteiger charge is 2.16. The van der Waals surface area contributed by atoms with Crippen LogP contribution in [0.15, 0.2) is 62.4 Å². The molecule has 11 heteroatoms. The maximum Gasteiger partial charge on any atom is 0.263 e. The Morgan fingerprint density at radius 1 is 1.12 bits per heavy atom. The molecule has 1 amide bonds. The summed E-state index contributed by atoms with van der Waals surface area (Å²) in [6.07, 6.45) is 2.97. The Balaban J connectivity index is 1.66. The van der Waals surface area contributed by atoms with Gasteiger partial charge in [0.1, 0.15) is 5.76 Å². The summed E-state index contributed by atoms with van der Waals surface area (Å²) in [5.41, 5.74) is 1.16. The van der Waals surface area contributed by atoms with Gasteiger partial charge in [-0.05, 0) is 70.9 Å². The highest BCUT2D eigenvalue weighted by Crippen LogP contribution is 2.36. The number of anilines is 2. The number of hydrogen-bond acceptors (Lipinski definition) is 7. The largest absolute Gasteiger partial charge is 0.493 e. The Kier molecular flexibility index (Phi) is 7.21. The predicted molar refractivity (Wildman–Crippen MR) is 123 cm³/mol. The first-order valence-corrected chi connectivity index (χ1v) is 11.5. The van der Waals surface area contributed by atoms with E-state index in [-0.39, 0.29) is 16.6 Å². The second-order valence-electron chi connectivity index (χ2n) is 6.51. The third kappa shape index (κ3) is 5.68. The van der Waals surface area contributed by atoms with Gasteiger partial charge in [0.15, 0.2) is 17.3 Å². The van der Waals surface area contributed by atoms with Crippen molar-refractivity contribution in [3.05, 3.63) is 64.3 Å². The molecule has 0 aliphatic rings. The summed E-state index contributed by atoms with van der Waals surface area (Å²) in [6.45, 7) is 1.65. The minimum absolute atomic E-state index is 0.0156. The zero-order chi connectivity index (χ0) is 23.3. The lowest BCUT2D eigenvalue weighted by molar-refractivity contribution is -0.111. The standard InChI is InChI=1S/C21H20BrN3O6S/c1-13-10-19(24-31-13)25-32(27,28)16-7-5-15(6-8-16)23-20(26)9-4-14-11-17(22)21(30-3)18(12-14)29-2/h4-12H,1-3H3,(H,23,26)(H,24,25)/b9-4+. The lowest BCUT2D eigenvalue weighted by Gasteiger charge is -2.10. The number of nitrogens with zero attached hydrogens (tertiary/aromatic N) is 1. The van der Waals surface area contributed by atoms with E-state index in [1.807, 2.05) is 0 Å². The van der Waals surface area contributed by atoms with Crippen LogP contribution in [0, 0.1) is 6.92 Å². The average Bonchev–Trinajstić information content (AvgIpc) is 3.16. The van der Waals surface area contributed by atoms with Crippen molar-refractivity contribution in [2.24, 2.45) is 0 Å². The van der Waals surface area contributed by atoms with Crippen LogP contribution in [0.1, 0.15) is 11.3 Å². The number of benzene rings is 2. The molecule has 0 bridgehead atoms. The van der Waals surface area contributed by atoms with Crippen molar-refractivity contribution in [2.45, 2.75) is 11.8 Å². The molecule has 0 spiro atoms. The second-order valence-corrected chi connectivity index (χ2v) is 9.05. The van der Waals surface area contributed by atoms with Crippen LogP contribution in [-0.2, 0) is 14.8 Å². The maximum absolute atomic E-state index is 12.4. The normalized spacial score (nSPS) is 11.4. The molecule has 3 aromatic rings. The van der Waals surface area contributed by atoms with E-state index >= 15 is 0 Å². The Bertz CT molecular complexity index is 1250. The number of aromatic nitrogens is 1. The monoisotopic (exact) mass is 521 g/mol. The molecular formula is C21H20BrN3O6S. The molecule has 3 rings (SSSR count). The first kappa shape index (κ1) is 23.4. The second kappa shape index (κ2) is 9.88. The smallest absolute Gasteiger partial charge is 0.263 e. The number of sulfonamides is 1. The van der Waals surface area contributed by atoms with Crippen molar-refractivity contribution in [3.63, 3.8) is 0 Å². The molecule has 0 unspecified atom stereocenters. The van der Waals surface area contributed by atoms with Gasteiger partial charge in [-0.15, -0.1) is 0 Å². The lowest BCUT2D eigenvalue weighted by atomic mass is 10.2. The van der Waals surface area contributed by atoms with E-state index in [0.717, 1.165) is 5.56 Å². The summed E-state index contributed by atoms with van der Waals surface area (Å²) in [7, 11) is -0.774. The summed E-state index contributed by atoms with van der Waals surface area (Å²) >= 11 is 3.40. The average molecular weight is 522 g/mol. The van der Waals surface area contributed by atoms with Crippen LogP contribution in [0.5, 0.6) is 11.5 Å². The van der Waals surface area contributed by atoms with Gasteiger partial charge in [-0.1, -0.05) is 5.16 Å². The van der Waals surface area contributed by atoms with Crippen molar-refractivity contribution < 1.29 is 27.2 Å². The molecule has 0 atom stereocenters. The van der Waals surface area contributed by atoms with Crippen molar-refractivity contribution in [2.75, 3.05) is 24.3 Å². The van der Waals surface area contributed by atoms with Gasteiger partial charge in [0.2, 0.25) is 5.91 Å². The van der Waals surface area contributed by atoms with Gasteiger partial charge in [-0.25, -0.2) is 8.42 Å². The molecule has 0 saturated carbocycles. The Labute approximate surface area is 193 Å². The van der Waals surface area contributed by atoms with Gasteiger partial charge in [0.05, 0.1) is 23.6 Å². The first-order chi connectivity index (χ1) is 15.2. The molecule has 1 heterocycles. The van der Waals surface area contributed by atoms with E-state index in [9.17, 15) is 13.2 Å². The Morgan fingerprint density at radius 3 is 2.44 bits per heavy atom. The van der Waals surface area contributed by atoms with Gasteiger partial charge in [0.25, 0.3) is 10.0 Å². The number of methoxy groups -OCH3 is 2. The number of amides is 1. The van der Waals surface area contributed by atoms with Gasteiger partial charge in [-0.3, -0.25) is 9.52 Å². The molecule has 2 aromatic carbocycles. The minimum atomic E-state index is -3.83. The zero-order valence-corrected chi connectivity index (χ0v) is 19.8. The SMILES string of the molecule is COc1cc(/C=C/C(=O)Nc2ccc(S(=O)(=O)Nc3cc(C)on3)cc2)cc(Br)c1OC. The third-order valence-corrected chi connectivity index (χ3v) is 6.14. The van der Waals surface area contributed by atoms with Crippen molar-refractivity contribution in [3.8, 4) is 11.5 Å². The summed E-state index contributed by atoms with van der Waals surface area (Å²) in [5, 5.41) is 6.28. The zero-order valence-electron chi connectivity index (χ0n) is 17.4. The summed E-state index contributed by atoms with van der Waals surface area (Å²) in [6, 6.07) is 10.7. The molecule has 9 nitrogen and oxygen atoms in total. The van der Waals surface area contributed by atoms with E-state index in [2.05, 4.69) is 31.1 Å². The Morgan fingerprint density at radius 2 is 1.84 bits per heavy atom. The Hall–Kier alpha value is -3.31. The van der Waals surface area contributed by atoms with Gasteiger partial charge in [0, 0.05) is 17.8 Å². The van der Waals surface area contributed by atoms with Crippen LogP contribution in [0.4, 0.5) is 11.5 Å². The molecule has 2 N–H and O–H groups in total. The topological polar surface area (TPSA) is 120 Å². The van der Waals surface area contributed by atoms with E-state index in [0.29, 0.717) is 27.4 Å². The molecular weight excluding hydrogens is 502 g/mol. The number of nitrogens with one attached hydrogen (secondary N) is 2. The van der Waals surface area contributed by atoms with Crippen molar-refractivity contribution in [1.82, 2.24) is 5.16 Å². The quantitative estimate of drug-likeness (QED) is 0.425. The molecule has 0 radical (unpaired) electrons. The van der Waals surface area contributed by atoms with Gasteiger partial charge < -0.3 is 19.3 Å². The van der Waals surface area contributed by atoms with Crippen molar-refractivity contribution in [1.29, 1.82) is 0 Å². The molecule has 0 aliphatic carbocycles. The molecule has 0 saturated heterocycles. The van der Waals surface area contributed by atoms with Crippen molar-refractivity contribution >= 4 is 49.4 Å². The fraction of sp³-hybridized carbons (Fsp3) is 0.143. The van der Waals surface area contributed by atoms with E-state index < -0.39 is 10.0 Å². The summed E-state index contributed by atoms with van der Waals surface area (Å²) < 4.78 is 43.2. The number of carbonyl (C=O) groups excluding carboxylic acids is 1. The molecule has 1 aromatic heterocycles. The first-order valence-electron chi connectivity index (χ1n) is 9.18. The van der Waals surface area contributed by atoms with Crippen LogP contribution >= 0.6 is 15.9 Å². The molecule has 32 heavy (non-hydrogen) atoms. The lowest BCUT2D eigenvalue weighted by Crippen LogP contribution is -2.13. The maximum atomic E-state index is 12.4. The highest BCUT2D eigenvalue weighted by atomic mass is 79.9. The molecule has 0 fully saturated rings. The fourth-order valence-corrected chi connectivity index (χ4v) is 4.32. The summed E-state index contributed by atoms with van der Waals surface area (Å²) in [4.78, 5) is 12.3. The summed E-state index contributed by atoms with van der Waals surface area (Å²) in [5.74, 6) is 1.26.